The van der Waals surface area contributed by atoms with Crippen LogP contribution in [0.25, 0.3) is 20.8 Å². The van der Waals surface area contributed by atoms with Crippen molar-refractivity contribution in [1.29, 1.82) is 0 Å². The lowest BCUT2D eigenvalue weighted by atomic mass is 10.2. The lowest BCUT2D eigenvalue weighted by molar-refractivity contribution is 0.102. The maximum atomic E-state index is 12.3. The normalized spacial score (nSPS) is 10.8. The summed E-state index contributed by atoms with van der Waals surface area (Å²) in [7, 11) is 0. The van der Waals surface area contributed by atoms with Gasteiger partial charge in [0, 0.05) is 20.4 Å². The Hall–Kier alpha value is -2.25. The van der Waals surface area contributed by atoms with Crippen molar-refractivity contribution in [3.05, 3.63) is 81.4 Å². The second-order valence-electron chi connectivity index (χ2n) is 6.03. The van der Waals surface area contributed by atoms with Gasteiger partial charge in [-0.05, 0) is 95.7 Å². The molecule has 1 N–H and O–H groups in total. The van der Waals surface area contributed by atoms with Crippen LogP contribution in [-0.4, -0.2) is 10.9 Å². The van der Waals surface area contributed by atoms with Crippen LogP contribution in [0.1, 0.15) is 15.9 Å². The first-order chi connectivity index (χ1) is 12.6. The van der Waals surface area contributed by atoms with Crippen molar-refractivity contribution >= 4 is 55.7 Å². The summed E-state index contributed by atoms with van der Waals surface area (Å²) in [6.07, 6.45) is 0. The number of amides is 1. The van der Waals surface area contributed by atoms with Crippen molar-refractivity contribution in [2.75, 3.05) is 5.32 Å². The van der Waals surface area contributed by atoms with Crippen LogP contribution >= 0.6 is 33.9 Å². The van der Waals surface area contributed by atoms with Gasteiger partial charge in [0.15, 0.2) is 0 Å². The number of hydrogen-bond acceptors (Lipinski definition) is 3. The molecule has 26 heavy (non-hydrogen) atoms. The molecule has 0 atom stereocenters. The Balaban J connectivity index is 1.54. The molecule has 3 aromatic carbocycles. The molecule has 0 radical (unpaired) electrons. The summed E-state index contributed by atoms with van der Waals surface area (Å²) in [4.78, 5) is 17.0. The molecule has 0 saturated carbocycles. The molecule has 0 spiro atoms. The van der Waals surface area contributed by atoms with Crippen LogP contribution in [0.3, 0.4) is 0 Å². The summed E-state index contributed by atoms with van der Waals surface area (Å²) in [5, 5.41) is 3.92. The maximum absolute atomic E-state index is 12.3. The average molecular weight is 470 g/mol. The zero-order valence-electron chi connectivity index (χ0n) is 14.0. The third-order valence-corrected chi connectivity index (χ3v) is 5.83. The van der Waals surface area contributed by atoms with Gasteiger partial charge in [0.2, 0.25) is 0 Å². The number of carbonyl (C=O) groups is 1. The highest BCUT2D eigenvalue weighted by Crippen LogP contribution is 2.31. The van der Waals surface area contributed by atoms with E-state index in [0.29, 0.717) is 5.56 Å². The fraction of sp³-hybridized carbons (Fsp3) is 0.0476. The lowest BCUT2D eigenvalue weighted by Crippen LogP contribution is -2.11. The Labute approximate surface area is 169 Å². The number of thiazole rings is 1. The monoisotopic (exact) mass is 470 g/mol. The van der Waals surface area contributed by atoms with E-state index in [1.165, 1.54) is 10.3 Å². The van der Waals surface area contributed by atoms with Gasteiger partial charge in [0.25, 0.3) is 5.91 Å². The second kappa shape index (κ2) is 7.17. The zero-order valence-corrected chi connectivity index (χ0v) is 17.0. The van der Waals surface area contributed by atoms with Gasteiger partial charge in [0.05, 0.1) is 10.2 Å². The minimum atomic E-state index is -0.107. The van der Waals surface area contributed by atoms with Gasteiger partial charge < -0.3 is 5.32 Å². The molecule has 0 aliphatic carbocycles. The predicted molar refractivity (Wildman–Crippen MR) is 117 cm³/mol. The second-order valence-corrected chi connectivity index (χ2v) is 8.30. The smallest absolute Gasteiger partial charge is 0.255 e. The minimum Gasteiger partial charge on any atom is -0.322 e. The van der Waals surface area contributed by atoms with E-state index in [1.807, 2.05) is 48.5 Å². The van der Waals surface area contributed by atoms with Crippen molar-refractivity contribution in [1.82, 2.24) is 4.98 Å². The molecule has 128 valence electrons. The van der Waals surface area contributed by atoms with Crippen LogP contribution < -0.4 is 5.32 Å². The van der Waals surface area contributed by atoms with Crippen molar-refractivity contribution in [2.45, 2.75) is 6.92 Å². The standard InChI is InChI=1S/C21H15IN2OS/c1-13-2-11-18-19(12-13)26-21(24-18)15-5-9-17(10-6-15)23-20(25)14-3-7-16(22)8-4-14/h2-12H,1H3,(H,23,25). The Morgan fingerprint density at radius 1 is 1.00 bits per heavy atom. The summed E-state index contributed by atoms with van der Waals surface area (Å²) in [5.41, 5.74) is 4.73. The summed E-state index contributed by atoms with van der Waals surface area (Å²) in [6.45, 7) is 2.09. The predicted octanol–water partition coefficient (Wildman–Crippen LogP) is 6.13. The van der Waals surface area contributed by atoms with Crippen LogP contribution in [-0.2, 0) is 0 Å². The number of nitrogens with zero attached hydrogens (tertiary/aromatic N) is 1. The van der Waals surface area contributed by atoms with E-state index < -0.39 is 0 Å². The van der Waals surface area contributed by atoms with Gasteiger partial charge in [-0.25, -0.2) is 4.98 Å². The van der Waals surface area contributed by atoms with Crippen LogP contribution in [0.15, 0.2) is 66.7 Å². The van der Waals surface area contributed by atoms with Crippen LogP contribution in [0.5, 0.6) is 0 Å². The van der Waals surface area contributed by atoms with E-state index in [9.17, 15) is 4.79 Å². The molecule has 0 fully saturated rings. The SMILES string of the molecule is Cc1ccc2nc(-c3ccc(NC(=O)c4ccc(I)cc4)cc3)sc2c1. The first-order valence-electron chi connectivity index (χ1n) is 8.13. The maximum Gasteiger partial charge on any atom is 0.255 e. The highest BCUT2D eigenvalue weighted by Gasteiger charge is 2.08. The molecular formula is C21H15IN2OS. The molecule has 0 bridgehead atoms. The third kappa shape index (κ3) is 3.64. The molecule has 4 rings (SSSR count). The highest BCUT2D eigenvalue weighted by molar-refractivity contribution is 14.1. The van der Waals surface area contributed by atoms with E-state index in [-0.39, 0.29) is 5.91 Å². The van der Waals surface area contributed by atoms with Crippen LogP contribution in [0, 0.1) is 10.5 Å². The Bertz CT molecular complexity index is 1090. The van der Waals surface area contributed by atoms with Crippen LogP contribution in [0.2, 0.25) is 0 Å². The topological polar surface area (TPSA) is 42.0 Å². The molecular weight excluding hydrogens is 455 g/mol. The van der Waals surface area contributed by atoms with Crippen molar-refractivity contribution < 1.29 is 4.79 Å². The van der Waals surface area contributed by atoms with Gasteiger partial charge in [-0.15, -0.1) is 11.3 Å². The van der Waals surface area contributed by atoms with Gasteiger partial charge in [0.1, 0.15) is 5.01 Å². The summed E-state index contributed by atoms with van der Waals surface area (Å²) in [6, 6.07) is 21.6. The molecule has 0 aliphatic heterocycles. The number of benzene rings is 3. The first-order valence-corrected chi connectivity index (χ1v) is 10.0. The fourth-order valence-electron chi connectivity index (χ4n) is 2.66. The van der Waals surface area contributed by atoms with E-state index in [4.69, 9.17) is 4.98 Å². The Morgan fingerprint density at radius 2 is 1.73 bits per heavy atom. The molecule has 1 heterocycles. The molecule has 4 aromatic rings. The molecule has 1 aromatic heterocycles. The summed E-state index contributed by atoms with van der Waals surface area (Å²) < 4.78 is 2.30. The Kier molecular flexibility index (Phi) is 4.74. The number of rotatable bonds is 3. The summed E-state index contributed by atoms with van der Waals surface area (Å²) in [5.74, 6) is -0.107. The molecule has 0 aliphatic rings. The average Bonchev–Trinajstić information content (AvgIpc) is 3.06. The van der Waals surface area contributed by atoms with E-state index >= 15 is 0 Å². The molecule has 0 saturated heterocycles. The summed E-state index contributed by atoms with van der Waals surface area (Å²) >= 11 is 3.91. The molecule has 3 nitrogen and oxygen atoms in total. The van der Waals surface area contributed by atoms with E-state index in [0.717, 1.165) is 25.3 Å². The van der Waals surface area contributed by atoms with E-state index in [1.54, 1.807) is 11.3 Å². The number of halogens is 1. The number of carbonyl (C=O) groups excluding carboxylic acids is 1. The third-order valence-electron chi connectivity index (χ3n) is 4.04. The van der Waals surface area contributed by atoms with E-state index in [2.05, 4.69) is 53.0 Å². The largest absolute Gasteiger partial charge is 0.322 e. The van der Waals surface area contributed by atoms with Crippen LogP contribution in [0.4, 0.5) is 5.69 Å². The molecule has 1 amide bonds. The first kappa shape index (κ1) is 17.2. The quantitative estimate of drug-likeness (QED) is 0.366. The zero-order chi connectivity index (χ0) is 18.1. The number of fused-ring (bicyclic) bond motifs is 1. The van der Waals surface area contributed by atoms with Gasteiger partial charge in [-0.3, -0.25) is 4.79 Å². The van der Waals surface area contributed by atoms with Gasteiger partial charge in [-0.2, -0.15) is 0 Å². The number of nitrogens with one attached hydrogen (secondary N) is 1. The highest BCUT2D eigenvalue weighted by atomic mass is 127. The van der Waals surface area contributed by atoms with Crippen molar-refractivity contribution in [2.24, 2.45) is 0 Å². The number of aromatic nitrogens is 1. The number of aryl methyl sites for hydroxylation is 1. The van der Waals surface area contributed by atoms with Crippen molar-refractivity contribution in [3.8, 4) is 10.6 Å². The van der Waals surface area contributed by atoms with Gasteiger partial charge >= 0.3 is 0 Å². The van der Waals surface area contributed by atoms with Crippen molar-refractivity contribution in [3.63, 3.8) is 0 Å². The number of hydrogen-bond donors (Lipinski definition) is 1. The minimum absolute atomic E-state index is 0.107. The molecule has 5 heteroatoms. The number of anilines is 1. The van der Waals surface area contributed by atoms with Gasteiger partial charge in [-0.1, -0.05) is 6.07 Å². The Morgan fingerprint density at radius 3 is 2.46 bits per heavy atom. The fourth-order valence-corrected chi connectivity index (χ4v) is 4.08. The molecule has 0 unspecified atom stereocenters. The lowest BCUT2D eigenvalue weighted by Gasteiger charge is -2.06.